The van der Waals surface area contributed by atoms with Crippen molar-refractivity contribution in [1.82, 2.24) is 0 Å². The molecule has 0 fully saturated rings. The lowest BCUT2D eigenvalue weighted by atomic mass is 10.0. The van der Waals surface area contributed by atoms with E-state index in [0.717, 1.165) is 95.8 Å². The van der Waals surface area contributed by atoms with Gasteiger partial charge in [0.25, 0.3) is 0 Å². The maximum Gasteiger partial charge on any atom is 0.472 e. The highest BCUT2D eigenvalue weighted by atomic mass is 31.2. The van der Waals surface area contributed by atoms with Crippen LogP contribution < -0.4 is 0 Å². The SMILES string of the molecule is CCCCCCCCCCCCCCCCCCCCCCCC(=O)O[C@H](COC(=O)CCCCCCCCCCCCCCCCCC)COP(=O)(O)OC[C@@H](O)COP(=O)(O)OC[C@@H](COC(=O)CCCCCCCCCCCCCCC)OC(=O)CCCCCCCCCCCCC(C)C. The molecule has 0 aliphatic carbocycles. The van der Waals surface area contributed by atoms with E-state index in [1.165, 1.54) is 276 Å². The number of carbonyl (C=O) groups is 4. The molecule has 3 N–H and O–H groups in total. The molecule has 0 rings (SSSR count). The molecule has 0 aromatic heterocycles. The average molecular weight is 1510 g/mol. The Hall–Kier alpha value is -1.94. The maximum absolute atomic E-state index is 13.1. The van der Waals surface area contributed by atoms with Crippen molar-refractivity contribution >= 4 is 39.5 Å². The van der Waals surface area contributed by atoms with E-state index >= 15 is 0 Å². The summed E-state index contributed by atoms with van der Waals surface area (Å²) in [6.07, 6.45) is 69.4. The van der Waals surface area contributed by atoms with Crippen molar-refractivity contribution in [3.8, 4) is 0 Å². The third-order valence-corrected chi connectivity index (χ3v) is 21.7. The number of aliphatic hydroxyl groups is 1. The molecule has 0 aromatic carbocycles. The summed E-state index contributed by atoms with van der Waals surface area (Å²) >= 11 is 0. The summed E-state index contributed by atoms with van der Waals surface area (Å²) in [5.41, 5.74) is 0. The number of ether oxygens (including phenoxy) is 4. The van der Waals surface area contributed by atoms with Gasteiger partial charge in [-0.1, -0.05) is 401 Å². The van der Waals surface area contributed by atoms with Gasteiger partial charge in [0.15, 0.2) is 12.2 Å². The number of hydrogen-bond acceptors (Lipinski definition) is 15. The smallest absolute Gasteiger partial charge is 0.462 e. The van der Waals surface area contributed by atoms with Gasteiger partial charge in [-0.2, -0.15) is 0 Å². The minimum atomic E-state index is -4.96. The molecule has 2 unspecified atom stereocenters. The number of rotatable bonds is 84. The van der Waals surface area contributed by atoms with E-state index in [-0.39, 0.29) is 25.7 Å². The molecule has 0 saturated heterocycles. The van der Waals surface area contributed by atoms with Gasteiger partial charge in [0, 0.05) is 25.7 Å². The minimum absolute atomic E-state index is 0.107. The summed E-state index contributed by atoms with van der Waals surface area (Å²) in [4.78, 5) is 73.2. The van der Waals surface area contributed by atoms with E-state index in [4.69, 9.17) is 37.0 Å². The van der Waals surface area contributed by atoms with Crippen LogP contribution in [-0.2, 0) is 65.4 Å². The molecule has 0 amide bonds. The van der Waals surface area contributed by atoms with Crippen LogP contribution in [0.4, 0.5) is 0 Å². The van der Waals surface area contributed by atoms with E-state index in [1.54, 1.807) is 0 Å². The second kappa shape index (κ2) is 76.8. The fourth-order valence-corrected chi connectivity index (χ4v) is 14.7. The van der Waals surface area contributed by atoms with Crippen LogP contribution in [0.2, 0.25) is 0 Å². The number of phosphoric ester groups is 2. The Labute approximate surface area is 632 Å². The van der Waals surface area contributed by atoms with Crippen molar-refractivity contribution in [2.45, 2.75) is 470 Å². The highest BCUT2D eigenvalue weighted by molar-refractivity contribution is 7.47. The third-order valence-electron chi connectivity index (χ3n) is 19.8. The summed E-state index contributed by atoms with van der Waals surface area (Å²) in [6, 6.07) is 0. The van der Waals surface area contributed by atoms with Gasteiger partial charge in [-0.25, -0.2) is 9.13 Å². The topological polar surface area (TPSA) is 237 Å². The Morgan fingerprint density at radius 2 is 0.447 bits per heavy atom. The highest BCUT2D eigenvalue weighted by Crippen LogP contribution is 2.45. The van der Waals surface area contributed by atoms with Crippen LogP contribution >= 0.6 is 15.6 Å². The van der Waals surface area contributed by atoms with Gasteiger partial charge in [0.1, 0.15) is 19.3 Å². The van der Waals surface area contributed by atoms with Crippen molar-refractivity contribution < 1.29 is 80.2 Å². The molecule has 17 nitrogen and oxygen atoms in total. The van der Waals surface area contributed by atoms with Crippen LogP contribution in [-0.4, -0.2) is 96.7 Å². The molecule has 0 saturated carbocycles. The molecule has 0 aliphatic heterocycles. The number of unbranched alkanes of at least 4 members (excludes halogenated alkanes) is 56. The maximum atomic E-state index is 13.1. The zero-order valence-electron chi connectivity index (χ0n) is 67.5. The normalized spacial score (nSPS) is 13.8. The molecule has 0 aliphatic rings. The van der Waals surface area contributed by atoms with Gasteiger partial charge < -0.3 is 33.8 Å². The van der Waals surface area contributed by atoms with Gasteiger partial charge in [0.2, 0.25) is 0 Å². The summed E-state index contributed by atoms with van der Waals surface area (Å²) < 4.78 is 68.8. The second-order valence-corrected chi connectivity index (χ2v) is 33.6. The van der Waals surface area contributed by atoms with Crippen LogP contribution in [0.1, 0.15) is 452 Å². The van der Waals surface area contributed by atoms with Gasteiger partial charge in [-0.3, -0.25) is 37.3 Å². The molecule has 0 aromatic rings. The summed E-state index contributed by atoms with van der Waals surface area (Å²) in [5, 5.41) is 10.7. The Kier molecular flexibility index (Phi) is 75.4. The first-order valence-electron chi connectivity index (χ1n) is 43.6. The average Bonchev–Trinajstić information content (AvgIpc) is 0.921. The molecule has 19 heteroatoms. The third kappa shape index (κ3) is 78.0. The first-order valence-corrected chi connectivity index (χ1v) is 46.6. The quantitative estimate of drug-likeness (QED) is 0.0222. The Balaban J connectivity index is 5.24. The lowest BCUT2D eigenvalue weighted by Crippen LogP contribution is -2.30. The number of aliphatic hydroxyl groups excluding tert-OH is 1. The molecule has 0 radical (unpaired) electrons. The second-order valence-electron chi connectivity index (χ2n) is 30.7. The van der Waals surface area contributed by atoms with E-state index < -0.39 is 97.5 Å². The van der Waals surface area contributed by atoms with Crippen molar-refractivity contribution in [3.05, 3.63) is 0 Å². The zero-order chi connectivity index (χ0) is 75.5. The first-order chi connectivity index (χ1) is 50.0. The van der Waals surface area contributed by atoms with Gasteiger partial charge in [-0.05, 0) is 31.6 Å². The van der Waals surface area contributed by atoms with Crippen LogP contribution in [0.15, 0.2) is 0 Å². The fraction of sp³-hybridized carbons (Fsp3) is 0.952. The molecule has 0 spiro atoms. The van der Waals surface area contributed by atoms with Gasteiger partial charge in [-0.15, -0.1) is 0 Å². The van der Waals surface area contributed by atoms with Gasteiger partial charge in [0.05, 0.1) is 26.4 Å². The van der Waals surface area contributed by atoms with Crippen LogP contribution in [0, 0.1) is 5.92 Å². The highest BCUT2D eigenvalue weighted by Gasteiger charge is 2.30. The van der Waals surface area contributed by atoms with Crippen LogP contribution in [0.25, 0.3) is 0 Å². The summed E-state index contributed by atoms with van der Waals surface area (Å²) in [7, 11) is -9.92. The number of hydrogen-bond donors (Lipinski definition) is 3. The van der Waals surface area contributed by atoms with Crippen molar-refractivity contribution in [3.63, 3.8) is 0 Å². The first kappa shape index (κ1) is 101. The number of carbonyl (C=O) groups excluding carboxylic acids is 4. The Morgan fingerprint density at radius 1 is 0.262 bits per heavy atom. The summed E-state index contributed by atoms with van der Waals surface area (Å²) in [6.45, 7) is 7.34. The molecule has 612 valence electrons. The molecule has 103 heavy (non-hydrogen) atoms. The monoisotopic (exact) mass is 1510 g/mol. The lowest BCUT2D eigenvalue weighted by Gasteiger charge is -2.21. The Morgan fingerprint density at radius 3 is 0.660 bits per heavy atom. The van der Waals surface area contributed by atoms with E-state index in [1.807, 2.05) is 0 Å². The molecule has 5 atom stereocenters. The van der Waals surface area contributed by atoms with Crippen LogP contribution in [0.3, 0.4) is 0 Å². The molecule has 0 heterocycles. The number of phosphoric acid groups is 2. The van der Waals surface area contributed by atoms with Gasteiger partial charge >= 0.3 is 39.5 Å². The summed E-state index contributed by atoms with van der Waals surface area (Å²) in [5.74, 6) is -1.35. The van der Waals surface area contributed by atoms with Crippen molar-refractivity contribution in [1.29, 1.82) is 0 Å². The zero-order valence-corrected chi connectivity index (χ0v) is 69.3. The fourth-order valence-electron chi connectivity index (χ4n) is 13.1. The predicted molar refractivity (Wildman–Crippen MR) is 423 cm³/mol. The van der Waals surface area contributed by atoms with Crippen molar-refractivity contribution in [2.75, 3.05) is 39.6 Å². The lowest BCUT2D eigenvalue weighted by molar-refractivity contribution is -0.161. The molecular formula is C84H164O17P2. The molecule has 0 bridgehead atoms. The standard InChI is InChI=1S/C84H164O17P2/c1-6-9-12-15-18-21-24-27-29-31-32-33-34-35-37-40-43-49-54-59-64-69-83(88)100-79(73-95-82(87)68-63-58-53-48-42-39-36-30-28-25-22-19-16-13-10-7-2)75-98-102(90,91)96-71-78(85)72-97-103(92,93)99-76-80(101-84(89)70-65-60-55-50-45-44-46-51-56-61-66-77(4)5)74-94-81(86)67-62-57-52-47-41-38-26-23-20-17-14-11-8-3/h77-80,85H,6-76H2,1-5H3,(H,90,91)(H,92,93)/t78-,79-,80-/m1/s1. The Bertz CT molecular complexity index is 1960. The minimum Gasteiger partial charge on any atom is -0.462 e. The predicted octanol–water partition coefficient (Wildman–Crippen LogP) is 25.6. The van der Waals surface area contributed by atoms with E-state index in [2.05, 4.69) is 34.6 Å². The molecular weight excluding hydrogens is 1340 g/mol. The largest absolute Gasteiger partial charge is 0.472 e. The van der Waals surface area contributed by atoms with E-state index in [0.29, 0.717) is 25.7 Å². The van der Waals surface area contributed by atoms with Crippen molar-refractivity contribution in [2.24, 2.45) is 5.92 Å². The van der Waals surface area contributed by atoms with E-state index in [9.17, 15) is 43.2 Å². The van der Waals surface area contributed by atoms with Crippen LogP contribution in [0.5, 0.6) is 0 Å². The number of esters is 4.